The van der Waals surface area contributed by atoms with Crippen molar-refractivity contribution in [2.24, 2.45) is 17.6 Å². The van der Waals surface area contributed by atoms with Crippen LogP contribution in [0.3, 0.4) is 0 Å². The third-order valence-electron chi connectivity index (χ3n) is 3.12. The smallest absolute Gasteiger partial charge is 0.0588 e. The lowest BCUT2D eigenvalue weighted by Gasteiger charge is -2.28. The second kappa shape index (κ2) is 7.21. The first kappa shape index (κ1) is 12.0. The molecule has 14 heavy (non-hydrogen) atoms. The zero-order valence-electron chi connectivity index (χ0n) is 9.30. The normalized spacial score (nSPS) is 24.9. The maximum absolute atomic E-state index is 5.40. The summed E-state index contributed by atoms with van der Waals surface area (Å²) in [5.41, 5.74) is 5.35. The van der Waals surface area contributed by atoms with Crippen molar-refractivity contribution in [3.8, 4) is 0 Å². The molecule has 2 unspecified atom stereocenters. The summed E-state index contributed by atoms with van der Waals surface area (Å²) in [6, 6.07) is 0. The van der Waals surface area contributed by atoms with Crippen molar-refractivity contribution in [2.45, 2.75) is 26.2 Å². The van der Waals surface area contributed by atoms with Crippen molar-refractivity contribution < 1.29 is 4.74 Å². The fourth-order valence-electron chi connectivity index (χ4n) is 2.05. The second-order valence-corrected chi connectivity index (χ2v) is 4.27. The van der Waals surface area contributed by atoms with Gasteiger partial charge in [0.15, 0.2) is 0 Å². The van der Waals surface area contributed by atoms with Gasteiger partial charge in [-0.2, -0.15) is 0 Å². The van der Waals surface area contributed by atoms with Crippen LogP contribution in [0.5, 0.6) is 0 Å². The van der Waals surface area contributed by atoms with E-state index in [0.717, 1.165) is 18.4 Å². The average Bonchev–Trinajstić information content (AvgIpc) is 2.25. The van der Waals surface area contributed by atoms with Crippen LogP contribution in [0.25, 0.3) is 0 Å². The van der Waals surface area contributed by atoms with Gasteiger partial charge >= 0.3 is 0 Å². The van der Waals surface area contributed by atoms with Gasteiger partial charge in [-0.1, -0.05) is 6.92 Å². The molecular weight excluding hydrogens is 176 g/mol. The van der Waals surface area contributed by atoms with E-state index in [0.29, 0.717) is 13.2 Å². The molecule has 1 fully saturated rings. The third kappa shape index (κ3) is 4.40. The predicted octanol–water partition coefficient (Wildman–Crippen LogP) is 0.987. The molecule has 2 atom stereocenters. The Hall–Kier alpha value is -0.120. The molecule has 0 spiro atoms. The number of hydrogen-bond donors (Lipinski definition) is 2. The van der Waals surface area contributed by atoms with Crippen molar-refractivity contribution in [1.29, 1.82) is 0 Å². The van der Waals surface area contributed by atoms with Crippen LogP contribution in [-0.2, 0) is 4.74 Å². The standard InChI is InChI=1S/C11H24N2O/c1-10(4-7-14-8-5-12)11-3-2-6-13-9-11/h10-11,13H,2-9,12H2,1H3. The molecule has 0 amide bonds. The van der Waals surface area contributed by atoms with Gasteiger partial charge in [0.25, 0.3) is 0 Å². The van der Waals surface area contributed by atoms with Gasteiger partial charge < -0.3 is 15.8 Å². The van der Waals surface area contributed by atoms with Gasteiger partial charge in [-0.05, 0) is 44.2 Å². The molecule has 84 valence electrons. The molecule has 3 heteroatoms. The van der Waals surface area contributed by atoms with Crippen LogP contribution in [0.2, 0.25) is 0 Å². The highest BCUT2D eigenvalue weighted by Gasteiger charge is 2.19. The van der Waals surface area contributed by atoms with E-state index in [-0.39, 0.29) is 0 Å². The third-order valence-corrected chi connectivity index (χ3v) is 3.12. The molecule has 1 rings (SSSR count). The number of piperidine rings is 1. The summed E-state index contributed by atoms with van der Waals surface area (Å²) in [7, 11) is 0. The number of nitrogens with two attached hydrogens (primary N) is 1. The zero-order chi connectivity index (χ0) is 10.2. The summed E-state index contributed by atoms with van der Waals surface area (Å²) in [4.78, 5) is 0. The quantitative estimate of drug-likeness (QED) is 0.629. The van der Waals surface area contributed by atoms with E-state index >= 15 is 0 Å². The van der Waals surface area contributed by atoms with Crippen molar-refractivity contribution in [2.75, 3.05) is 32.8 Å². The van der Waals surface area contributed by atoms with Crippen LogP contribution < -0.4 is 11.1 Å². The molecule has 0 radical (unpaired) electrons. The Bertz CT molecular complexity index is 135. The first-order valence-corrected chi connectivity index (χ1v) is 5.83. The number of nitrogens with one attached hydrogen (secondary N) is 1. The summed E-state index contributed by atoms with van der Waals surface area (Å²) < 4.78 is 5.40. The molecular formula is C11H24N2O. The molecule has 1 saturated heterocycles. The number of ether oxygens (including phenoxy) is 1. The Balaban J connectivity index is 2.04. The molecule has 0 bridgehead atoms. The van der Waals surface area contributed by atoms with E-state index in [1.807, 2.05) is 0 Å². The Morgan fingerprint density at radius 1 is 1.50 bits per heavy atom. The minimum Gasteiger partial charge on any atom is -0.380 e. The van der Waals surface area contributed by atoms with E-state index in [9.17, 15) is 0 Å². The molecule has 1 aliphatic rings. The first-order valence-electron chi connectivity index (χ1n) is 5.83. The molecule has 0 aromatic carbocycles. The van der Waals surface area contributed by atoms with Gasteiger partial charge in [-0.15, -0.1) is 0 Å². The van der Waals surface area contributed by atoms with E-state index in [1.54, 1.807) is 0 Å². The fourth-order valence-corrected chi connectivity index (χ4v) is 2.05. The predicted molar refractivity (Wildman–Crippen MR) is 59.2 cm³/mol. The molecule has 3 N–H and O–H groups in total. The molecule has 1 heterocycles. The van der Waals surface area contributed by atoms with Crippen LogP contribution in [0.1, 0.15) is 26.2 Å². The van der Waals surface area contributed by atoms with E-state index < -0.39 is 0 Å². The summed E-state index contributed by atoms with van der Waals surface area (Å²) in [6.45, 7) is 6.94. The molecule has 0 aromatic heterocycles. The number of rotatable bonds is 6. The first-order chi connectivity index (χ1) is 6.84. The van der Waals surface area contributed by atoms with Crippen LogP contribution in [0, 0.1) is 11.8 Å². The van der Waals surface area contributed by atoms with Crippen molar-refractivity contribution in [3.63, 3.8) is 0 Å². The van der Waals surface area contributed by atoms with Crippen molar-refractivity contribution >= 4 is 0 Å². The van der Waals surface area contributed by atoms with Gasteiger partial charge in [0.05, 0.1) is 6.61 Å². The average molecular weight is 200 g/mol. The zero-order valence-corrected chi connectivity index (χ0v) is 9.30. The topological polar surface area (TPSA) is 47.3 Å². The maximum atomic E-state index is 5.40. The van der Waals surface area contributed by atoms with Gasteiger partial charge in [0, 0.05) is 13.2 Å². The van der Waals surface area contributed by atoms with Crippen LogP contribution in [0.15, 0.2) is 0 Å². The van der Waals surface area contributed by atoms with E-state index in [4.69, 9.17) is 10.5 Å². The van der Waals surface area contributed by atoms with E-state index in [1.165, 1.54) is 32.4 Å². The van der Waals surface area contributed by atoms with Crippen molar-refractivity contribution in [1.82, 2.24) is 5.32 Å². The van der Waals surface area contributed by atoms with Gasteiger partial charge in [0.2, 0.25) is 0 Å². The second-order valence-electron chi connectivity index (χ2n) is 4.27. The van der Waals surface area contributed by atoms with Crippen LogP contribution >= 0.6 is 0 Å². The highest BCUT2D eigenvalue weighted by atomic mass is 16.5. The minimum absolute atomic E-state index is 0.638. The largest absolute Gasteiger partial charge is 0.380 e. The van der Waals surface area contributed by atoms with E-state index in [2.05, 4.69) is 12.2 Å². The lowest BCUT2D eigenvalue weighted by Crippen LogP contribution is -2.33. The van der Waals surface area contributed by atoms with Gasteiger partial charge in [-0.3, -0.25) is 0 Å². The molecule has 0 aliphatic carbocycles. The Morgan fingerprint density at radius 2 is 2.36 bits per heavy atom. The van der Waals surface area contributed by atoms with Gasteiger partial charge in [-0.25, -0.2) is 0 Å². The summed E-state index contributed by atoms with van der Waals surface area (Å²) in [6.07, 6.45) is 3.88. The number of hydrogen-bond acceptors (Lipinski definition) is 3. The van der Waals surface area contributed by atoms with Crippen molar-refractivity contribution in [3.05, 3.63) is 0 Å². The van der Waals surface area contributed by atoms with Crippen LogP contribution in [0.4, 0.5) is 0 Å². The molecule has 0 aromatic rings. The van der Waals surface area contributed by atoms with Crippen LogP contribution in [-0.4, -0.2) is 32.8 Å². The monoisotopic (exact) mass is 200 g/mol. The summed E-state index contributed by atoms with van der Waals surface area (Å²) >= 11 is 0. The molecule has 3 nitrogen and oxygen atoms in total. The molecule has 1 aliphatic heterocycles. The summed E-state index contributed by atoms with van der Waals surface area (Å²) in [5, 5.41) is 3.46. The Morgan fingerprint density at radius 3 is 3.00 bits per heavy atom. The SMILES string of the molecule is CC(CCOCCN)C1CCCNC1. The highest BCUT2D eigenvalue weighted by molar-refractivity contribution is 4.73. The Kier molecular flexibility index (Phi) is 6.15. The highest BCUT2D eigenvalue weighted by Crippen LogP contribution is 2.22. The summed E-state index contributed by atoms with van der Waals surface area (Å²) in [5.74, 6) is 1.63. The molecule has 0 saturated carbocycles. The lowest BCUT2D eigenvalue weighted by atomic mass is 9.86. The van der Waals surface area contributed by atoms with Gasteiger partial charge in [0.1, 0.15) is 0 Å². The minimum atomic E-state index is 0.638. The lowest BCUT2D eigenvalue weighted by molar-refractivity contribution is 0.115. The Labute approximate surface area is 87.4 Å². The maximum Gasteiger partial charge on any atom is 0.0588 e. The fraction of sp³-hybridized carbons (Fsp3) is 1.00.